The summed E-state index contributed by atoms with van der Waals surface area (Å²) in [5, 5.41) is 20.1. The predicted octanol–water partition coefficient (Wildman–Crippen LogP) is 6.38. The zero-order chi connectivity index (χ0) is 35.4. The maximum absolute atomic E-state index is 11.6. The van der Waals surface area contributed by atoms with Gasteiger partial charge in [0, 0.05) is 26.3 Å². The van der Waals surface area contributed by atoms with E-state index in [4.69, 9.17) is 20.4 Å². The third-order valence-electron chi connectivity index (χ3n) is 7.33. The molecule has 0 aromatic carbocycles. The highest BCUT2D eigenvalue weighted by Crippen LogP contribution is 2.19. The number of hydrogen-bond acceptors (Lipinski definition) is 8. The number of amides is 1. The minimum atomic E-state index is -0.833. The molecule has 1 aliphatic rings. The van der Waals surface area contributed by atoms with Gasteiger partial charge in [0.15, 0.2) is 0 Å². The number of aliphatic carboxylic acids is 1. The van der Waals surface area contributed by atoms with Crippen molar-refractivity contribution in [2.75, 3.05) is 54.4 Å². The average molecular weight is 661 g/mol. The van der Waals surface area contributed by atoms with E-state index in [0.717, 1.165) is 90.9 Å². The summed E-state index contributed by atoms with van der Waals surface area (Å²) in [5.41, 5.74) is 5.25. The van der Waals surface area contributed by atoms with Gasteiger partial charge in [0.25, 0.3) is 5.97 Å². The molecule has 0 radical (unpaired) electrons. The van der Waals surface area contributed by atoms with Crippen molar-refractivity contribution in [3.05, 3.63) is 0 Å². The number of aliphatic hydroxyl groups excluding tert-OH is 1. The van der Waals surface area contributed by atoms with Crippen molar-refractivity contribution in [1.29, 1.82) is 0 Å². The maximum Gasteiger partial charge on any atom is 0.306 e. The van der Waals surface area contributed by atoms with Gasteiger partial charge in [-0.1, -0.05) is 71.6 Å². The van der Waals surface area contributed by atoms with Crippen molar-refractivity contribution >= 4 is 17.8 Å². The summed E-state index contributed by atoms with van der Waals surface area (Å²) < 4.78 is 5.28. The first kappa shape index (κ1) is 48.6. The van der Waals surface area contributed by atoms with E-state index in [-0.39, 0.29) is 24.1 Å². The summed E-state index contributed by atoms with van der Waals surface area (Å²) >= 11 is 0. The van der Waals surface area contributed by atoms with Crippen LogP contribution in [0.25, 0.3) is 0 Å². The van der Waals surface area contributed by atoms with Crippen LogP contribution in [0.2, 0.25) is 0 Å². The molecule has 46 heavy (non-hydrogen) atoms. The van der Waals surface area contributed by atoms with Crippen LogP contribution in [-0.4, -0.2) is 104 Å². The summed E-state index contributed by atoms with van der Waals surface area (Å²) in [5.74, 6) is -0.709. The number of nitrogens with zero attached hydrogens (tertiary/aromatic N) is 2. The monoisotopic (exact) mass is 661 g/mol. The molecule has 1 rings (SSSR count). The summed E-state index contributed by atoms with van der Waals surface area (Å²) in [4.78, 5) is 35.8. The van der Waals surface area contributed by atoms with Crippen LogP contribution in [0.15, 0.2) is 0 Å². The highest BCUT2D eigenvalue weighted by Gasteiger charge is 2.19. The topological polar surface area (TPSA) is 145 Å². The number of carboxylic acids is 1. The van der Waals surface area contributed by atoms with E-state index in [0.29, 0.717) is 12.8 Å². The summed E-state index contributed by atoms with van der Waals surface area (Å²) in [6, 6.07) is 0. The molecule has 0 spiro atoms. The van der Waals surface area contributed by atoms with Crippen LogP contribution in [0.3, 0.4) is 0 Å². The summed E-state index contributed by atoms with van der Waals surface area (Å²) in [6.07, 6.45) is 21.5. The number of nitrogens with two attached hydrogens (primary N) is 1. The molecule has 0 aromatic rings. The molecule has 0 aromatic heterocycles. The molecule has 2 atom stereocenters. The Labute approximate surface area is 283 Å². The Bertz CT molecular complexity index is 675. The van der Waals surface area contributed by atoms with Gasteiger partial charge >= 0.3 is 5.97 Å². The summed E-state index contributed by atoms with van der Waals surface area (Å²) in [6.45, 7) is 9.16. The van der Waals surface area contributed by atoms with Crippen molar-refractivity contribution in [2.45, 2.75) is 161 Å². The Morgan fingerprint density at radius 3 is 1.91 bits per heavy atom. The Morgan fingerprint density at radius 2 is 1.39 bits per heavy atom. The number of carbonyl (C=O) groups excluding carboxylic acids is 2. The molecule has 1 saturated heterocycles. The first-order valence-corrected chi connectivity index (χ1v) is 18.2. The van der Waals surface area contributed by atoms with Crippen LogP contribution in [0.5, 0.6) is 0 Å². The van der Waals surface area contributed by atoms with Crippen LogP contribution in [-0.2, 0) is 19.1 Å². The van der Waals surface area contributed by atoms with E-state index in [9.17, 15) is 14.7 Å². The molecule has 276 valence electrons. The molecule has 1 fully saturated rings. The van der Waals surface area contributed by atoms with Crippen LogP contribution in [0.1, 0.15) is 149 Å². The van der Waals surface area contributed by atoms with Crippen LogP contribution in [0.4, 0.5) is 0 Å². The lowest BCUT2D eigenvalue weighted by molar-refractivity contribution is -0.154. The number of aliphatic hydroxyl groups is 1. The Hall–Kier alpha value is -1.75. The first-order chi connectivity index (χ1) is 21.9. The quantitative estimate of drug-likeness (QED) is 0.0725. The second kappa shape index (κ2) is 37.7. The molecule has 1 amide bonds. The highest BCUT2D eigenvalue weighted by atomic mass is 16.5. The number of carbonyl (C=O) groups is 3. The van der Waals surface area contributed by atoms with Gasteiger partial charge in [-0.05, 0) is 106 Å². The normalized spacial score (nSPS) is 14.6. The minimum Gasteiger partial charge on any atom is -0.481 e. The van der Waals surface area contributed by atoms with Crippen molar-refractivity contribution in [2.24, 2.45) is 5.73 Å². The van der Waals surface area contributed by atoms with Gasteiger partial charge in [0.1, 0.15) is 6.10 Å². The van der Waals surface area contributed by atoms with Gasteiger partial charge in [0.2, 0.25) is 5.91 Å². The van der Waals surface area contributed by atoms with E-state index >= 15 is 0 Å². The molecule has 1 aliphatic heterocycles. The van der Waals surface area contributed by atoms with Gasteiger partial charge in [-0.25, -0.2) is 0 Å². The fraction of sp³-hybridized carbons (Fsp3) is 0.917. The minimum absolute atomic E-state index is 0.0113. The second-order valence-corrected chi connectivity index (χ2v) is 12.9. The van der Waals surface area contributed by atoms with E-state index in [2.05, 4.69) is 43.1 Å². The predicted molar refractivity (Wildman–Crippen MR) is 192 cm³/mol. The lowest BCUT2D eigenvalue weighted by atomic mass is 10.0. The van der Waals surface area contributed by atoms with Crippen molar-refractivity contribution < 1.29 is 29.3 Å². The molecule has 1 heterocycles. The van der Waals surface area contributed by atoms with Crippen molar-refractivity contribution in [3.8, 4) is 0 Å². The molecular formula is C36H76N4O6. The van der Waals surface area contributed by atoms with Gasteiger partial charge < -0.3 is 35.8 Å². The number of rotatable bonds is 23. The lowest BCUT2D eigenvalue weighted by Gasteiger charge is -2.21. The smallest absolute Gasteiger partial charge is 0.306 e. The van der Waals surface area contributed by atoms with Crippen molar-refractivity contribution in [1.82, 2.24) is 15.1 Å². The Balaban J connectivity index is -0.000000619. The third-order valence-corrected chi connectivity index (χ3v) is 7.33. The largest absolute Gasteiger partial charge is 0.481 e. The Kier molecular flexibility index (Phi) is 39.9. The lowest BCUT2D eigenvalue weighted by Crippen LogP contribution is -2.27. The number of carboxylic acid groups (broad SMARTS) is 1. The molecule has 0 bridgehead atoms. The molecule has 0 aliphatic carbocycles. The van der Waals surface area contributed by atoms with Crippen LogP contribution < -0.4 is 11.1 Å². The number of cyclic esters (lactones) is 1. The van der Waals surface area contributed by atoms with E-state index in [1.165, 1.54) is 57.8 Å². The average Bonchev–Trinajstić information content (AvgIpc) is 2.98. The van der Waals surface area contributed by atoms with Gasteiger partial charge in [-0.3, -0.25) is 14.4 Å². The SMILES string of the molecule is CC(=O)O.CCCCCCC(O)CCCC(=O)NCCCN(C)C.CCCCCCCCC1CCCC(=O)O1.CN(C)CCCN. The first-order valence-electron chi connectivity index (χ1n) is 18.2. The molecule has 10 nitrogen and oxygen atoms in total. The van der Waals surface area contributed by atoms with E-state index in [1.54, 1.807) is 0 Å². The van der Waals surface area contributed by atoms with Crippen LogP contribution in [0, 0.1) is 0 Å². The third kappa shape index (κ3) is 46.7. The molecular weight excluding hydrogens is 584 g/mol. The molecule has 10 heteroatoms. The maximum atomic E-state index is 11.6. The fourth-order valence-corrected chi connectivity index (χ4v) is 4.70. The van der Waals surface area contributed by atoms with Gasteiger partial charge in [-0.15, -0.1) is 0 Å². The van der Waals surface area contributed by atoms with Crippen LogP contribution >= 0.6 is 0 Å². The molecule has 2 unspecified atom stereocenters. The second-order valence-electron chi connectivity index (χ2n) is 12.9. The number of nitrogens with one attached hydrogen (secondary N) is 1. The zero-order valence-electron chi connectivity index (χ0n) is 31.1. The van der Waals surface area contributed by atoms with Crippen molar-refractivity contribution in [3.63, 3.8) is 0 Å². The van der Waals surface area contributed by atoms with E-state index in [1.807, 2.05) is 14.1 Å². The zero-order valence-corrected chi connectivity index (χ0v) is 31.1. The standard InChI is InChI=1S/C16H34N2O2.C13H24O2.C5H14N2.C2H4O2/c1-4-5-6-7-10-15(19)11-8-12-16(20)17-13-9-14-18(2)3;1-2-3-4-5-6-7-9-12-10-8-11-13(14)15-12;1-7(2)5-3-4-6;1-2(3)4/h15,19H,4-14H2,1-3H3,(H,17,20);12H,2-11H2,1H3;3-6H2,1-2H3;1H3,(H,3,4). The number of esters is 1. The summed E-state index contributed by atoms with van der Waals surface area (Å²) in [7, 11) is 8.17. The number of unbranched alkanes of at least 4 members (excludes halogenated alkanes) is 8. The van der Waals surface area contributed by atoms with E-state index < -0.39 is 5.97 Å². The number of ether oxygens (including phenoxy) is 1. The fourth-order valence-electron chi connectivity index (χ4n) is 4.70. The highest BCUT2D eigenvalue weighted by molar-refractivity contribution is 5.75. The van der Waals surface area contributed by atoms with Gasteiger partial charge in [0.05, 0.1) is 6.10 Å². The molecule has 0 saturated carbocycles. The molecule has 5 N–H and O–H groups in total. The number of hydrogen-bond donors (Lipinski definition) is 4. The van der Waals surface area contributed by atoms with Gasteiger partial charge in [-0.2, -0.15) is 0 Å². The Morgan fingerprint density at radius 1 is 0.870 bits per heavy atom.